The molecular formula is C28H37N5O6. The van der Waals surface area contributed by atoms with Crippen LogP contribution < -0.4 is 10.2 Å². The number of rotatable bonds is 3. The van der Waals surface area contributed by atoms with Crippen LogP contribution in [0.4, 0.5) is 10.5 Å². The Hall–Kier alpha value is -3.63. The molecule has 5 rings (SSSR count). The number of carbonyl (C=O) groups excluding carboxylic acids is 5. The molecule has 0 aromatic heterocycles. The third kappa shape index (κ3) is 5.72. The summed E-state index contributed by atoms with van der Waals surface area (Å²) in [7, 11) is 0. The van der Waals surface area contributed by atoms with Crippen LogP contribution in [0.15, 0.2) is 18.2 Å². The zero-order valence-corrected chi connectivity index (χ0v) is 22.9. The first-order valence-corrected chi connectivity index (χ1v) is 13.8. The number of ether oxygens (including phenoxy) is 1. The van der Waals surface area contributed by atoms with Crippen LogP contribution in [0.5, 0.6) is 0 Å². The molecule has 4 aliphatic rings. The number of likely N-dealkylation sites (tertiary alicyclic amines) is 1. The lowest BCUT2D eigenvalue weighted by molar-refractivity contribution is -0.138. The predicted octanol–water partition coefficient (Wildman–Crippen LogP) is 1.74. The van der Waals surface area contributed by atoms with Crippen LogP contribution >= 0.6 is 0 Å². The van der Waals surface area contributed by atoms with Crippen LogP contribution in [0.3, 0.4) is 0 Å². The maximum absolute atomic E-state index is 13.2. The SMILES string of the molecule is CC(C)(C)OC(=O)N1CCC(C(=O)N2CCN(c3ccc4c(c3)CN([C@H]3CCC(=O)NC3=O)C4=O)CC2)CC1. The lowest BCUT2D eigenvalue weighted by Crippen LogP contribution is -2.52. The number of nitrogens with zero attached hydrogens (tertiary/aromatic N) is 4. The van der Waals surface area contributed by atoms with E-state index in [9.17, 15) is 24.0 Å². The molecule has 3 fully saturated rings. The molecule has 5 amide bonds. The van der Waals surface area contributed by atoms with Crippen molar-refractivity contribution in [3.8, 4) is 0 Å². The standard InChI is InChI=1S/C28H37N5O6/c1-28(2,3)39-27(38)32-10-8-18(9-11-32)25(36)31-14-12-30(13-15-31)20-4-5-21-19(16-20)17-33(26(21)37)22-6-7-23(34)29-24(22)35/h4-5,16,18,22H,6-15,17H2,1-3H3,(H,29,34,35)/t22-/m0/s1. The minimum absolute atomic E-state index is 0.0838. The first kappa shape index (κ1) is 27.0. The summed E-state index contributed by atoms with van der Waals surface area (Å²) >= 11 is 0. The van der Waals surface area contributed by atoms with E-state index >= 15 is 0 Å². The fraction of sp³-hybridized carbons (Fsp3) is 0.607. The molecule has 11 heteroatoms. The number of hydrogen-bond acceptors (Lipinski definition) is 7. The van der Waals surface area contributed by atoms with E-state index < -0.39 is 17.6 Å². The van der Waals surface area contributed by atoms with Crippen molar-refractivity contribution in [2.45, 2.75) is 64.6 Å². The number of carbonyl (C=O) groups is 5. The molecule has 0 aliphatic carbocycles. The van der Waals surface area contributed by atoms with Crippen molar-refractivity contribution in [2.75, 3.05) is 44.2 Å². The largest absolute Gasteiger partial charge is 0.444 e. The van der Waals surface area contributed by atoms with Gasteiger partial charge in [0.15, 0.2) is 0 Å². The summed E-state index contributed by atoms with van der Waals surface area (Å²) in [6.45, 7) is 9.53. The Balaban J connectivity index is 1.13. The Morgan fingerprint density at radius 3 is 2.26 bits per heavy atom. The Bertz CT molecular complexity index is 1180. The summed E-state index contributed by atoms with van der Waals surface area (Å²) < 4.78 is 5.46. The van der Waals surface area contributed by atoms with Crippen molar-refractivity contribution < 1.29 is 28.7 Å². The topological polar surface area (TPSA) is 120 Å². The summed E-state index contributed by atoms with van der Waals surface area (Å²) in [6.07, 6.45) is 1.53. The van der Waals surface area contributed by atoms with Gasteiger partial charge in [-0.25, -0.2) is 4.79 Å². The summed E-state index contributed by atoms with van der Waals surface area (Å²) in [5.74, 6) is -0.827. The molecule has 210 valence electrons. The van der Waals surface area contributed by atoms with Crippen LogP contribution in [0.25, 0.3) is 0 Å². The Morgan fingerprint density at radius 2 is 1.62 bits per heavy atom. The lowest BCUT2D eigenvalue weighted by Gasteiger charge is -2.39. The van der Waals surface area contributed by atoms with E-state index in [0.717, 1.165) is 11.3 Å². The molecular weight excluding hydrogens is 502 g/mol. The molecule has 1 atom stereocenters. The fourth-order valence-corrected chi connectivity index (χ4v) is 5.84. The second-order valence-electron chi connectivity index (χ2n) is 11.8. The van der Waals surface area contributed by atoms with Crippen molar-refractivity contribution in [2.24, 2.45) is 5.92 Å². The summed E-state index contributed by atoms with van der Waals surface area (Å²) in [5, 5.41) is 2.33. The van der Waals surface area contributed by atoms with Crippen molar-refractivity contribution in [1.29, 1.82) is 0 Å². The molecule has 1 aromatic carbocycles. The van der Waals surface area contributed by atoms with Crippen molar-refractivity contribution in [3.05, 3.63) is 29.3 Å². The average Bonchev–Trinajstić information content (AvgIpc) is 3.23. The van der Waals surface area contributed by atoms with Gasteiger partial charge in [-0.15, -0.1) is 0 Å². The van der Waals surface area contributed by atoms with Gasteiger partial charge in [0.2, 0.25) is 17.7 Å². The Kier molecular flexibility index (Phi) is 7.26. The number of benzene rings is 1. The number of imide groups is 1. The molecule has 3 saturated heterocycles. The molecule has 0 radical (unpaired) electrons. The number of piperazine rings is 1. The monoisotopic (exact) mass is 539 g/mol. The number of anilines is 1. The van der Waals surface area contributed by atoms with Crippen LogP contribution in [0, 0.1) is 5.92 Å². The minimum Gasteiger partial charge on any atom is -0.444 e. The van der Waals surface area contributed by atoms with Crippen LogP contribution in [-0.2, 0) is 25.7 Å². The zero-order chi connectivity index (χ0) is 27.9. The fourth-order valence-electron chi connectivity index (χ4n) is 5.84. The van der Waals surface area contributed by atoms with Gasteiger partial charge in [0.1, 0.15) is 11.6 Å². The van der Waals surface area contributed by atoms with Crippen LogP contribution in [0.1, 0.15) is 62.4 Å². The van der Waals surface area contributed by atoms with E-state index in [4.69, 9.17) is 4.74 Å². The van der Waals surface area contributed by atoms with E-state index in [-0.39, 0.29) is 36.2 Å². The van der Waals surface area contributed by atoms with Gasteiger partial charge in [0, 0.05) is 69.4 Å². The second kappa shape index (κ2) is 10.5. The molecule has 39 heavy (non-hydrogen) atoms. The molecule has 1 aromatic rings. The van der Waals surface area contributed by atoms with Gasteiger partial charge in [0.25, 0.3) is 5.91 Å². The molecule has 0 unspecified atom stereocenters. The van der Waals surface area contributed by atoms with Crippen LogP contribution in [0.2, 0.25) is 0 Å². The van der Waals surface area contributed by atoms with Crippen LogP contribution in [-0.4, -0.2) is 95.3 Å². The molecule has 4 heterocycles. The highest BCUT2D eigenvalue weighted by Gasteiger charge is 2.39. The van der Waals surface area contributed by atoms with Crippen molar-refractivity contribution in [3.63, 3.8) is 0 Å². The number of hydrogen-bond donors (Lipinski definition) is 1. The maximum Gasteiger partial charge on any atom is 0.410 e. The Morgan fingerprint density at radius 1 is 0.923 bits per heavy atom. The zero-order valence-electron chi connectivity index (χ0n) is 22.9. The van der Waals surface area contributed by atoms with Gasteiger partial charge in [-0.3, -0.25) is 24.5 Å². The molecule has 11 nitrogen and oxygen atoms in total. The highest BCUT2D eigenvalue weighted by atomic mass is 16.6. The first-order valence-electron chi connectivity index (χ1n) is 13.8. The predicted molar refractivity (Wildman–Crippen MR) is 142 cm³/mol. The molecule has 0 spiro atoms. The molecule has 1 N–H and O–H groups in total. The second-order valence-corrected chi connectivity index (χ2v) is 11.8. The number of amides is 5. The number of fused-ring (bicyclic) bond motifs is 1. The average molecular weight is 540 g/mol. The molecule has 0 saturated carbocycles. The van der Waals surface area contributed by atoms with E-state index in [0.29, 0.717) is 70.6 Å². The molecule has 0 bridgehead atoms. The smallest absolute Gasteiger partial charge is 0.410 e. The van der Waals surface area contributed by atoms with Gasteiger partial charge in [-0.1, -0.05) is 0 Å². The van der Waals surface area contributed by atoms with E-state index in [1.807, 2.05) is 43.9 Å². The van der Waals surface area contributed by atoms with Gasteiger partial charge in [-0.2, -0.15) is 0 Å². The lowest BCUT2D eigenvalue weighted by atomic mass is 9.95. The highest BCUT2D eigenvalue weighted by molar-refractivity contribution is 6.05. The van der Waals surface area contributed by atoms with Gasteiger partial charge in [-0.05, 0) is 63.8 Å². The summed E-state index contributed by atoms with van der Waals surface area (Å²) in [4.78, 5) is 69.7. The first-order chi connectivity index (χ1) is 18.5. The van der Waals surface area contributed by atoms with Gasteiger partial charge >= 0.3 is 6.09 Å². The van der Waals surface area contributed by atoms with Crippen molar-refractivity contribution in [1.82, 2.24) is 20.0 Å². The van der Waals surface area contributed by atoms with E-state index in [1.54, 1.807) is 9.80 Å². The third-order valence-electron chi connectivity index (χ3n) is 7.96. The number of piperidine rings is 2. The maximum atomic E-state index is 13.2. The summed E-state index contributed by atoms with van der Waals surface area (Å²) in [5.41, 5.74) is 1.92. The van der Waals surface area contributed by atoms with Gasteiger partial charge < -0.3 is 24.3 Å². The summed E-state index contributed by atoms with van der Waals surface area (Å²) in [6, 6.07) is 5.11. The minimum atomic E-state index is -0.628. The van der Waals surface area contributed by atoms with E-state index in [1.165, 1.54) is 0 Å². The highest BCUT2D eigenvalue weighted by Crippen LogP contribution is 2.31. The van der Waals surface area contributed by atoms with Crippen molar-refractivity contribution >= 4 is 35.4 Å². The third-order valence-corrected chi connectivity index (χ3v) is 7.96. The molecule has 4 aliphatic heterocycles. The van der Waals surface area contributed by atoms with Gasteiger partial charge in [0.05, 0.1) is 0 Å². The normalized spacial score (nSPS) is 22.6. The quantitative estimate of drug-likeness (QED) is 0.581. The Labute approximate surface area is 228 Å². The number of nitrogens with one attached hydrogen (secondary N) is 1. The van der Waals surface area contributed by atoms with E-state index in [2.05, 4.69) is 10.2 Å².